The molecule has 0 bridgehead atoms. The molecule has 2 saturated carbocycles. The van der Waals surface area contributed by atoms with Crippen molar-refractivity contribution in [3.63, 3.8) is 0 Å². The average molecular weight is 305 g/mol. The van der Waals surface area contributed by atoms with Crippen LogP contribution in [-0.4, -0.2) is 36.1 Å². The molecule has 1 saturated heterocycles. The van der Waals surface area contributed by atoms with Crippen LogP contribution in [0, 0.1) is 0 Å². The molecule has 5 heteroatoms. The Labute approximate surface area is 125 Å². The van der Waals surface area contributed by atoms with Crippen molar-refractivity contribution in [2.45, 2.75) is 53.7 Å². The second kappa shape index (κ2) is 4.09. The first-order valence-electron chi connectivity index (χ1n) is 7.64. The van der Waals surface area contributed by atoms with Crippen LogP contribution in [0.4, 0.5) is 0 Å². The topological polar surface area (TPSA) is 54.5 Å². The van der Waals surface area contributed by atoms with Crippen molar-refractivity contribution >= 4 is 15.7 Å². The van der Waals surface area contributed by atoms with E-state index in [0.717, 1.165) is 32.2 Å². The quantitative estimate of drug-likeness (QED) is 0.860. The highest BCUT2D eigenvalue weighted by molar-refractivity contribution is 7.94. The van der Waals surface area contributed by atoms with Gasteiger partial charge in [-0.05, 0) is 50.7 Å². The number of carbonyl (C=O) groups is 1. The molecule has 0 N–H and O–H groups in total. The summed E-state index contributed by atoms with van der Waals surface area (Å²) in [6.45, 7) is 0.727. The van der Waals surface area contributed by atoms with Crippen molar-refractivity contribution in [3.05, 3.63) is 30.3 Å². The Bertz CT molecular complexity index is 682. The summed E-state index contributed by atoms with van der Waals surface area (Å²) in [7, 11) is -3.57. The highest BCUT2D eigenvalue weighted by atomic mass is 32.2. The van der Waals surface area contributed by atoms with Crippen LogP contribution < -0.4 is 0 Å². The Balaban J connectivity index is 1.67. The fraction of sp³-hybridized carbons (Fsp3) is 0.562. The highest BCUT2D eigenvalue weighted by Crippen LogP contribution is 2.54. The van der Waals surface area contributed by atoms with Crippen LogP contribution >= 0.6 is 0 Å². The first kappa shape index (κ1) is 13.3. The standard InChI is InChI=1S/C16H19NO3S/c18-14(17-12-11-15(17)7-4-8-15)16(9-10-16)21(19,20)13-5-2-1-3-6-13/h1-3,5-6H,4,7-12H2. The predicted octanol–water partition coefficient (Wildman–Crippen LogP) is 2.15. The van der Waals surface area contributed by atoms with Gasteiger partial charge in [-0.25, -0.2) is 8.42 Å². The molecule has 2 aliphatic carbocycles. The number of amides is 1. The molecule has 4 nitrogen and oxygen atoms in total. The van der Waals surface area contributed by atoms with Gasteiger partial charge in [0.2, 0.25) is 5.91 Å². The lowest BCUT2D eigenvalue weighted by atomic mass is 9.67. The van der Waals surface area contributed by atoms with Crippen LogP contribution in [0.3, 0.4) is 0 Å². The normalized spacial score (nSPS) is 25.0. The van der Waals surface area contributed by atoms with E-state index in [1.54, 1.807) is 30.3 Å². The van der Waals surface area contributed by atoms with Gasteiger partial charge in [-0.3, -0.25) is 4.79 Å². The van der Waals surface area contributed by atoms with Crippen LogP contribution in [0.15, 0.2) is 35.2 Å². The maximum atomic E-state index is 12.9. The van der Waals surface area contributed by atoms with Gasteiger partial charge in [0.1, 0.15) is 0 Å². The zero-order valence-electron chi connectivity index (χ0n) is 11.9. The number of hydrogen-bond acceptors (Lipinski definition) is 3. The maximum Gasteiger partial charge on any atom is 0.244 e. The molecule has 1 aromatic rings. The summed E-state index contributed by atoms with van der Waals surface area (Å²) >= 11 is 0. The van der Waals surface area contributed by atoms with Gasteiger partial charge in [0, 0.05) is 12.1 Å². The zero-order chi connectivity index (χ0) is 14.7. The molecule has 0 aromatic heterocycles. The Morgan fingerprint density at radius 1 is 1.00 bits per heavy atom. The first-order chi connectivity index (χ1) is 10.0. The molecular formula is C16H19NO3S. The lowest BCUT2D eigenvalue weighted by Gasteiger charge is -2.59. The summed E-state index contributed by atoms with van der Waals surface area (Å²) in [5.41, 5.74) is 0.0128. The second-order valence-electron chi connectivity index (χ2n) is 6.60. The van der Waals surface area contributed by atoms with E-state index < -0.39 is 14.6 Å². The molecule has 1 aromatic carbocycles. The van der Waals surface area contributed by atoms with Crippen LogP contribution in [-0.2, 0) is 14.6 Å². The van der Waals surface area contributed by atoms with Crippen molar-refractivity contribution < 1.29 is 13.2 Å². The number of sulfone groups is 1. The number of likely N-dealkylation sites (tertiary alicyclic amines) is 1. The molecule has 1 amide bonds. The maximum absolute atomic E-state index is 12.9. The first-order valence-corrected chi connectivity index (χ1v) is 9.12. The molecule has 0 atom stereocenters. The molecule has 21 heavy (non-hydrogen) atoms. The van der Waals surface area contributed by atoms with Crippen molar-refractivity contribution in [1.29, 1.82) is 0 Å². The van der Waals surface area contributed by atoms with Gasteiger partial charge in [-0.15, -0.1) is 0 Å². The predicted molar refractivity (Wildman–Crippen MR) is 78.5 cm³/mol. The summed E-state index contributed by atoms with van der Waals surface area (Å²) < 4.78 is 24.6. The molecule has 0 radical (unpaired) electrons. The van der Waals surface area contributed by atoms with Gasteiger partial charge in [-0.1, -0.05) is 18.2 Å². The van der Waals surface area contributed by atoms with E-state index in [4.69, 9.17) is 0 Å². The van der Waals surface area contributed by atoms with Crippen LogP contribution in [0.5, 0.6) is 0 Å². The number of nitrogens with zero attached hydrogens (tertiary/aromatic N) is 1. The smallest absolute Gasteiger partial charge is 0.244 e. The van der Waals surface area contributed by atoms with Crippen LogP contribution in [0.25, 0.3) is 0 Å². The number of carbonyl (C=O) groups excluding carboxylic acids is 1. The summed E-state index contributed by atoms with van der Waals surface area (Å²) in [5, 5.41) is 0. The number of rotatable bonds is 3. The molecule has 3 aliphatic rings. The fourth-order valence-electron chi connectivity index (χ4n) is 3.74. The minimum absolute atomic E-state index is 0.0128. The Kier molecular flexibility index (Phi) is 2.60. The van der Waals surface area contributed by atoms with Crippen molar-refractivity contribution in [2.24, 2.45) is 0 Å². The SMILES string of the molecule is O=C(N1CCC12CCC2)C1(S(=O)(=O)c2ccccc2)CC1. The fourth-order valence-corrected chi connectivity index (χ4v) is 5.69. The van der Waals surface area contributed by atoms with Crippen molar-refractivity contribution in [3.8, 4) is 0 Å². The Morgan fingerprint density at radius 3 is 2.10 bits per heavy atom. The molecule has 1 aliphatic heterocycles. The molecular weight excluding hydrogens is 286 g/mol. The van der Waals surface area contributed by atoms with E-state index in [-0.39, 0.29) is 16.3 Å². The lowest BCUT2D eigenvalue weighted by Crippen LogP contribution is -2.68. The lowest BCUT2D eigenvalue weighted by molar-refractivity contribution is -0.156. The van der Waals surface area contributed by atoms with Crippen LogP contribution in [0.1, 0.15) is 38.5 Å². The van der Waals surface area contributed by atoms with Gasteiger partial charge >= 0.3 is 0 Å². The van der Waals surface area contributed by atoms with Gasteiger partial charge in [-0.2, -0.15) is 0 Å². The molecule has 4 rings (SSSR count). The van der Waals surface area contributed by atoms with Crippen LogP contribution in [0.2, 0.25) is 0 Å². The third-order valence-electron chi connectivity index (χ3n) is 5.56. The van der Waals surface area contributed by atoms with E-state index in [1.165, 1.54) is 0 Å². The summed E-state index contributed by atoms with van der Waals surface area (Å²) in [6, 6.07) is 8.41. The zero-order valence-corrected chi connectivity index (χ0v) is 12.7. The summed E-state index contributed by atoms with van der Waals surface area (Å²) in [6.07, 6.45) is 5.22. The molecule has 1 spiro atoms. The monoisotopic (exact) mass is 305 g/mol. The minimum Gasteiger partial charge on any atom is -0.335 e. The summed E-state index contributed by atoms with van der Waals surface area (Å²) in [5.74, 6) is -0.141. The number of benzene rings is 1. The molecule has 0 unspecified atom stereocenters. The highest BCUT2D eigenvalue weighted by Gasteiger charge is 2.66. The van der Waals surface area contributed by atoms with E-state index in [1.807, 2.05) is 4.90 Å². The average Bonchev–Trinajstić information content (AvgIpc) is 3.18. The molecule has 1 heterocycles. The Morgan fingerprint density at radius 2 is 1.67 bits per heavy atom. The van der Waals surface area contributed by atoms with E-state index >= 15 is 0 Å². The van der Waals surface area contributed by atoms with Crippen molar-refractivity contribution in [2.75, 3.05) is 6.54 Å². The summed E-state index contributed by atoms with van der Waals surface area (Å²) in [4.78, 5) is 15.0. The third kappa shape index (κ3) is 1.61. The Hall–Kier alpha value is -1.36. The van der Waals surface area contributed by atoms with Crippen molar-refractivity contribution in [1.82, 2.24) is 4.90 Å². The number of hydrogen-bond donors (Lipinski definition) is 0. The van der Waals surface area contributed by atoms with Gasteiger partial charge in [0.15, 0.2) is 14.6 Å². The minimum atomic E-state index is -3.57. The van der Waals surface area contributed by atoms with Gasteiger partial charge in [0.05, 0.1) is 4.90 Å². The molecule has 3 fully saturated rings. The van der Waals surface area contributed by atoms with E-state index in [9.17, 15) is 13.2 Å². The van der Waals surface area contributed by atoms with Gasteiger partial charge < -0.3 is 4.90 Å². The second-order valence-corrected chi connectivity index (χ2v) is 8.86. The molecule has 112 valence electrons. The van der Waals surface area contributed by atoms with E-state index in [2.05, 4.69) is 0 Å². The van der Waals surface area contributed by atoms with Gasteiger partial charge in [0.25, 0.3) is 0 Å². The largest absolute Gasteiger partial charge is 0.335 e. The van der Waals surface area contributed by atoms with E-state index in [0.29, 0.717) is 12.8 Å². The third-order valence-corrected chi connectivity index (χ3v) is 8.07.